The van der Waals surface area contributed by atoms with E-state index in [1.165, 1.54) is 0 Å². The van der Waals surface area contributed by atoms with E-state index in [0.717, 1.165) is 17.1 Å². The molecule has 5 heteroatoms. The molecule has 20 heavy (non-hydrogen) atoms. The number of aromatic nitrogens is 1. The Morgan fingerprint density at radius 2 is 2.15 bits per heavy atom. The van der Waals surface area contributed by atoms with Crippen LogP contribution in [0.5, 0.6) is 0 Å². The molecule has 0 aliphatic heterocycles. The number of halogens is 1. The fraction of sp³-hybridized carbons (Fsp3) is 0.200. The first kappa shape index (κ1) is 14.3. The number of hydrogen-bond donors (Lipinski definition) is 2. The predicted molar refractivity (Wildman–Crippen MR) is 81.9 cm³/mol. The molecule has 0 atom stereocenters. The molecule has 0 aliphatic rings. The van der Waals surface area contributed by atoms with E-state index >= 15 is 0 Å². The molecular formula is C15H16ClN3O. The molecule has 2 rings (SSSR count). The molecule has 104 valence electrons. The molecule has 1 aromatic heterocycles. The smallest absolute Gasteiger partial charge is 0.224 e. The van der Waals surface area contributed by atoms with Crippen LogP contribution in [-0.2, 0) is 11.3 Å². The summed E-state index contributed by atoms with van der Waals surface area (Å²) in [6, 6.07) is 11.1. The van der Waals surface area contributed by atoms with Crippen molar-refractivity contribution in [3.05, 3.63) is 53.3 Å². The third-order valence-electron chi connectivity index (χ3n) is 2.76. The van der Waals surface area contributed by atoms with Crippen molar-refractivity contribution < 1.29 is 4.79 Å². The number of hydrogen-bond acceptors (Lipinski definition) is 3. The quantitative estimate of drug-likeness (QED) is 0.882. The van der Waals surface area contributed by atoms with Gasteiger partial charge in [-0.05, 0) is 30.3 Å². The van der Waals surface area contributed by atoms with Crippen LogP contribution in [0.3, 0.4) is 0 Å². The Kier molecular flexibility index (Phi) is 4.96. The lowest BCUT2D eigenvalue weighted by Crippen LogP contribution is -2.10. The van der Waals surface area contributed by atoms with E-state index in [1.54, 1.807) is 18.3 Å². The van der Waals surface area contributed by atoms with Crippen LogP contribution in [0.1, 0.15) is 19.0 Å². The Bertz CT molecular complexity index is 587. The lowest BCUT2D eigenvalue weighted by atomic mass is 10.2. The minimum Gasteiger partial charge on any atom is -0.378 e. The van der Waals surface area contributed by atoms with E-state index in [1.807, 2.05) is 31.2 Å². The molecule has 1 heterocycles. The topological polar surface area (TPSA) is 54.0 Å². The number of amides is 1. The maximum absolute atomic E-state index is 11.4. The third-order valence-corrected chi connectivity index (χ3v) is 3.09. The molecule has 2 aromatic rings. The van der Waals surface area contributed by atoms with Crippen molar-refractivity contribution >= 4 is 28.9 Å². The van der Waals surface area contributed by atoms with Crippen LogP contribution < -0.4 is 10.6 Å². The van der Waals surface area contributed by atoms with E-state index in [9.17, 15) is 4.79 Å². The lowest BCUT2D eigenvalue weighted by molar-refractivity contribution is -0.115. The molecule has 0 saturated carbocycles. The predicted octanol–water partition coefficient (Wildman–Crippen LogP) is 3.70. The van der Waals surface area contributed by atoms with Gasteiger partial charge in [0.1, 0.15) is 0 Å². The Morgan fingerprint density at radius 1 is 1.30 bits per heavy atom. The van der Waals surface area contributed by atoms with Gasteiger partial charge in [-0.15, -0.1) is 0 Å². The highest BCUT2D eigenvalue weighted by molar-refractivity contribution is 6.33. The van der Waals surface area contributed by atoms with Gasteiger partial charge in [0.15, 0.2) is 0 Å². The molecular weight excluding hydrogens is 274 g/mol. The number of nitrogens with zero attached hydrogens (tertiary/aromatic N) is 1. The van der Waals surface area contributed by atoms with Crippen LogP contribution >= 0.6 is 11.6 Å². The molecule has 0 spiro atoms. The van der Waals surface area contributed by atoms with Crippen LogP contribution in [-0.4, -0.2) is 10.9 Å². The molecule has 0 bridgehead atoms. The summed E-state index contributed by atoms with van der Waals surface area (Å²) in [6.07, 6.45) is 2.19. The molecule has 0 radical (unpaired) electrons. The van der Waals surface area contributed by atoms with Gasteiger partial charge in [-0.3, -0.25) is 9.78 Å². The largest absolute Gasteiger partial charge is 0.378 e. The van der Waals surface area contributed by atoms with Crippen molar-refractivity contribution in [2.75, 3.05) is 10.6 Å². The number of nitrogens with one attached hydrogen (secondary N) is 2. The summed E-state index contributed by atoms with van der Waals surface area (Å²) in [7, 11) is 0. The van der Waals surface area contributed by atoms with Crippen molar-refractivity contribution in [3.63, 3.8) is 0 Å². The fourth-order valence-electron chi connectivity index (χ4n) is 1.68. The van der Waals surface area contributed by atoms with Gasteiger partial charge >= 0.3 is 0 Å². The summed E-state index contributed by atoms with van der Waals surface area (Å²) in [5.41, 5.74) is 2.42. The maximum atomic E-state index is 11.4. The van der Waals surface area contributed by atoms with Gasteiger partial charge in [-0.2, -0.15) is 0 Å². The SMILES string of the molecule is CCC(=O)Nc1ccc(Cl)c(NCc2ccccn2)c1. The molecule has 0 aliphatic carbocycles. The first-order valence-corrected chi connectivity index (χ1v) is 6.80. The summed E-state index contributed by atoms with van der Waals surface area (Å²) >= 11 is 6.14. The Labute approximate surface area is 123 Å². The van der Waals surface area contributed by atoms with Crippen LogP contribution in [0.25, 0.3) is 0 Å². The average molecular weight is 290 g/mol. The van der Waals surface area contributed by atoms with Gasteiger partial charge in [0.25, 0.3) is 0 Å². The van der Waals surface area contributed by atoms with Gasteiger partial charge in [0, 0.05) is 18.3 Å². The maximum Gasteiger partial charge on any atom is 0.224 e. The van der Waals surface area contributed by atoms with Crippen LogP contribution in [0, 0.1) is 0 Å². The molecule has 0 unspecified atom stereocenters. The highest BCUT2D eigenvalue weighted by Crippen LogP contribution is 2.26. The highest BCUT2D eigenvalue weighted by Gasteiger charge is 2.04. The number of rotatable bonds is 5. The second kappa shape index (κ2) is 6.91. The zero-order chi connectivity index (χ0) is 14.4. The zero-order valence-electron chi connectivity index (χ0n) is 11.2. The molecule has 1 amide bonds. The molecule has 1 aromatic carbocycles. The monoisotopic (exact) mass is 289 g/mol. The van der Waals surface area contributed by atoms with Gasteiger partial charge in [-0.25, -0.2) is 0 Å². The molecule has 0 fully saturated rings. The number of benzene rings is 1. The summed E-state index contributed by atoms with van der Waals surface area (Å²) in [5.74, 6) is -0.0250. The minimum atomic E-state index is -0.0250. The Morgan fingerprint density at radius 3 is 2.85 bits per heavy atom. The lowest BCUT2D eigenvalue weighted by Gasteiger charge is -2.11. The summed E-state index contributed by atoms with van der Waals surface area (Å²) < 4.78 is 0. The van der Waals surface area contributed by atoms with Crippen molar-refractivity contribution in [3.8, 4) is 0 Å². The van der Waals surface area contributed by atoms with Crippen LogP contribution in [0.4, 0.5) is 11.4 Å². The molecule has 0 saturated heterocycles. The van der Waals surface area contributed by atoms with E-state index in [4.69, 9.17) is 11.6 Å². The molecule has 4 nitrogen and oxygen atoms in total. The van der Waals surface area contributed by atoms with E-state index in [2.05, 4.69) is 15.6 Å². The number of pyridine rings is 1. The highest BCUT2D eigenvalue weighted by atomic mass is 35.5. The van der Waals surface area contributed by atoms with Gasteiger partial charge in [0.05, 0.1) is 22.9 Å². The summed E-state index contributed by atoms with van der Waals surface area (Å²) in [5, 5.41) is 6.63. The molecule has 2 N–H and O–H groups in total. The second-order valence-electron chi connectivity index (χ2n) is 4.27. The first-order chi connectivity index (χ1) is 9.69. The number of carbonyl (C=O) groups excluding carboxylic acids is 1. The normalized spacial score (nSPS) is 10.1. The Hall–Kier alpha value is -2.07. The van der Waals surface area contributed by atoms with Crippen LogP contribution in [0.15, 0.2) is 42.6 Å². The number of anilines is 2. The van der Waals surface area contributed by atoms with Gasteiger partial charge in [0.2, 0.25) is 5.91 Å². The van der Waals surface area contributed by atoms with E-state index < -0.39 is 0 Å². The number of carbonyl (C=O) groups is 1. The fourth-order valence-corrected chi connectivity index (χ4v) is 1.86. The third kappa shape index (κ3) is 3.96. The van der Waals surface area contributed by atoms with E-state index in [0.29, 0.717) is 18.0 Å². The van der Waals surface area contributed by atoms with Gasteiger partial charge in [-0.1, -0.05) is 24.6 Å². The van der Waals surface area contributed by atoms with Crippen molar-refractivity contribution in [2.24, 2.45) is 0 Å². The Balaban J connectivity index is 2.06. The summed E-state index contributed by atoms with van der Waals surface area (Å²) in [6.45, 7) is 2.39. The van der Waals surface area contributed by atoms with Gasteiger partial charge < -0.3 is 10.6 Å². The zero-order valence-corrected chi connectivity index (χ0v) is 11.9. The van der Waals surface area contributed by atoms with Crippen molar-refractivity contribution in [1.82, 2.24) is 4.98 Å². The second-order valence-corrected chi connectivity index (χ2v) is 4.68. The average Bonchev–Trinajstić information content (AvgIpc) is 2.48. The summed E-state index contributed by atoms with van der Waals surface area (Å²) in [4.78, 5) is 15.6. The minimum absolute atomic E-state index is 0.0250. The van der Waals surface area contributed by atoms with Crippen molar-refractivity contribution in [1.29, 1.82) is 0 Å². The van der Waals surface area contributed by atoms with Crippen molar-refractivity contribution in [2.45, 2.75) is 19.9 Å². The first-order valence-electron chi connectivity index (χ1n) is 6.42. The van der Waals surface area contributed by atoms with E-state index in [-0.39, 0.29) is 5.91 Å². The van der Waals surface area contributed by atoms with Crippen LogP contribution in [0.2, 0.25) is 5.02 Å². The standard InChI is InChI=1S/C15H16ClN3O/c1-2-15(20)19-11-6-7-13(16)14(9-11)18-10-12-5-3-4-8-17-12/h3-9,18H,2,10H2,1H3,(H,19,20).